The van der Waals surface area contributed by atoms with E-state index in [2.05, 4.69) is 15.4 Å². The number of hydrogen-bond acceptors (Lipinski definition) is 6. The van der Waals surface area contributed by atoms with E-state index >= 15 is 0 Å². The molecule has 2 aromatic rings. The number of benzene rings is 2. The molecule has 0 radical (unpaired) electrons. The van der Waals surface area contributed by atoms with Crippen molar-refractivity contribution in [3.05, 3.63) is 54.1 Å². The molecule has 0 atom stereocenters. The third-order valence-electron chi connectivity index (χ3n) is 3.86. The molecule has 0 saturated carbocycles. The lowest BCUT2D eigenvalue weighted by molar-refractivity contribution is 0.0977. The summed E-state index contributed by atoms with van der Waals surface area (Å²) in [7, 11) is -3.57. The van der Waals surface area contributed by atoms with Crippen molar-refractivity contribution < 1.29 is 22.7 Å². The van der Waals surface area contributed by atoms with E-state index in [-0.39, 0.29) is 22.0 Å². The third kappa shape index (κ3) is 8.25. The van der Waals surface area contributed by atoms with Crippen molar-refractivity contribution in [2.24, 2.45) is 0 Å². The lowest BCUT2D eigenvalue weighted by Crippen LogP contribution is -2.34. The normalized spacial score (nSPS) is 11.2. The first-order chi connectivity index (χ1) is 14.7. The summed E-state index contributed by atoms with van der Waals surface area (Å²) >= 11 is 5.17. The van der Waals surface area contributed by atoms with Crippen LogP contribution in [0.3, 0.4) is 0 Å². The third-order valence-corrected chi connectivity index (χ3v) is 5.74. The van der Waals surface area contributed by atoms with Crippen LogP contribution in [0.2, 0.25) is 0 Å². The van der Waals surface area contributed by atoms with Crippen molar-refractivity contribution in [1.82, 2.24) is 10.0 Å². The van der Waals surface area contributed by atoms with Gasteiger partial charge in [0.2, 0.25) is 10.0 Å². The Hall–Kier alpha value is -2.53. The van der Waals surface area contributed by atoms with Gasteiger partial charge in [-0.15, -0.1) is 0 Å². The van der Waals surface area contributed by atoms with Gasteiger partial charge in [0.15, 0.2) is 5.11 Å². The Balaban J connectivity index is 1.88. The van der Waals surface area contributed by atoms with Crippen molar-refractivity contribution in [2.45, 2.75) is 31.7 Å². The molecule has 0 fully saturated rings. The lowest BCUT2D eigenvalue weighted by Gasteiger charge is -2.12. The molecule has 2 aromatic carbocycles. The van der Waals surface area contributed by atoms with Crippen LogP contribution in [0.5, 0.6) is 5.75 Å². The van der Waals surface area contributed by atoms with Crippen molar-refractivity contribution in [1.29, 1.82) is 0 Å². The number of anilines is 1. The van der Waals surface area contributed by atoms with Gasteiger partial charge in [-0.3, -0.25) is 10.1 Å². The molecule has 0 unspecified atom stereocenters. The molecule has 1 amide bonds. The molecular formula is C21H27N3O5S2. The maximum absolute atomic E-state index is 12.4. The minimum Gasteiger partial charge on any atom is -0.491 e. The molecule has 8 nitrogen and oxygen atoms in total. The molecule has 3 N–H and O–H groups in total. The summed E-state index contributed by atoms with van der Waals surface area (Å²) in [6, 6.07) is 12.5. The molecule has 31 heavy (non-hydrogen) atoms. The summed E-state index contributed by atoms with van der Waals surface area (Å²) in [5, 5.41) is 5.54. The van der Waals surface area contributed by atoms with E-state index in [0.717, 1.165) is 0 Å². The van der Waals surface area contributed by atoms with Crippen LogP contribution in [-0.4, -0.2) is 45.3 Å². The molecular weight excluding hydrogens is 438 g/mol. The first-order valence-electron chi connectivity index (χ1n) is 9.76. The van der Waals surface area contributed by atoms with Gasteiger partial charge in [0.1, 0.15) is 12.4 Å². The van der Waals surface area contributed by atoms with Gasteiger partial charge < -0.3 is 14.8 Å². The maximum atomic E-state index is 12.4. The molecule has 2 rings (SSSR count). The Labute approximate surface area is 188 Å². The average Bonchev–Trinajstić information content (AvgIpc) is 2.71. The number of thiocarbonyl (C=S) groups is 1. The predicted octanol–water partition coefficient (Wildman–Crippen LogP) is 2.92. The van der Waals surface area contributed by atoms with Crippen molar-refractivity contribution in [3.8, 4) is 5.75 Å². The first-order valence-corrected chi connectivity index (χ1v) is 11.7. The topological polar surface area (TPSA) is 106 Å². The number of hydrogen-bond donors (Lipinski definition) is 3. The standard InChI is InChI=1S/C21H27N3O5S2/c1-4-28-13-14-29-18-9-5-16(6-10-18)20(25)23-21(30)22-17-7-11-19(12-8-17)31(26,27)24-15(2)3/h5-12,15,24H,4,13-14H2,1-3H3,(H2,22,23,25,30). The van der Waals surface area contributed by atoms with E-state index in [4.69, 9.17) is 21.7 Å². The monoisotopic (exact) mass is 465 g/mol. The van der Waals surface area contributed by atoms with Crippen LogP contribution in [0.4, 0.5) is 5.69 Å². The van der Waals surface area contributed by atoms with Gasteiger partial charge in [0, 0.05) is 23.9 Å². The van der Waals surface area contributed by atoms with Crippen LogP contribution < -0.4 is 20.1 Å². The SMILES string of the molecule is CCOCCOc1ccc(C(=O)NC(=S)Nc2ccc(S(=O)(=O)NC(C)C)cc2)cc1. The number of sulfonamides is 1. The Morgan fingerprint density at radius 2 is 1.68 bits per heavy atom. The second kappa shape index (κ2) is 11.8. The van der Waals surface area contributed by atoms with Crippen LogP contribution in [0, 0.1) is 0 Å². The first kappa shape index (κ1) is 24.7. The minimum absolute atomic E-state index is 0.0953. The average molecular weight is 466 g/mol. The molecule has 168 valence electrons. The zero-order chi connectivity index (χ0) is 22.9. The van der Waals surface area contributed by atoms with Crippen molar-refractivity contribution in [3.63, 3.8) is 0 Å². The Morgan fingerprint density at radius 1 is 1.03 bits per heavy atom. The van der Waals surface area contributed by atoms with E-state index in [0.29, 0.717) is 36.8 Å². The molecule has 0 aliphatic rings. The summed E-state index contributed by atoms with van der Waals surface area (Å²) in [5.41, 5.74) is 0.967. The summed E-state index contributed by atoms with van der Waals surface area (Å²) in [6.45, 7) is 6.98. The van der Waals surface area contributed by atoms with Gasteiger partial charge in [-0.1, -0.05) is 0 Å². The lowest BCUT2D eigenvalue weighted by atomic mass is 10.2. The van der Waals surface area contributed by atoms with E-state index in [9.17, 15) is 13.2 Å². The zero-order valence-electron chi connectivity index (χ0n) is 17.7. The van der Waals surface area contributed by atoms with E-state index in [1.165, 1.54) is 12.1 Å². The quantitative estimate of drug-likeness (QED) is 0.366. The molecule has 10 heteroatoms. The summed E-state index contributed by atoms with van der Waals surface area (Å²) in [4.78, 5) is 12.5. The van der Waals surface area contributed by atoms with Gasteiger partial charge in [-0.2, -0.15) is 0 Å². The number of nitrogens with one attached hydrogen (secondary N) is 3. The van der Waals surface area contributed by atoms with Gasteiger partial charge in [0.05, 0.1) is 11.5 Å². The van der Waals surface area contributed by atoms with Gasteiger partial charge >= 0.3 is 0 Å². The smallest absolute Gasteiger partial charge is 0.257 e. The van der Waals surface area contributed by atoms with Gasteiger partial charge in [-0.25, -0.2) is 13.1 Å². The van der Waals surface area contributed by atoms with Crippen LogP contribution in [0.25, 0.3) is 0 Å². The highest BCUT2D eigenvalue weighted by Crippen LogP contribution is 2.15. The van der Waals surface area contributed by atoms with E-state index in [1.807, 2.05) is 6.92 Å². The number of amides is 1. The highest BCUT2D eigenvalue weighted by atomic mass is 32.2. The molecule has 0 aliphatic carbocycles. The minimum atomic E-state index is -3.57. The van der Waals surface area contributed by atoms with E-state index in [1.54, 1.807) is 50.2 Å². The molecule has 0 aliphatic heterocycles. The maximum Gasteiger partial charge on any atom is 0.257 e. The number of carbonyl (C=O) groups excluding carboxylic acids is 1. The molecule has 0 aromatic heterocycles. The predicted molar refractivity (Wildman–Crippen MR) is 124 cm³/mol. The number of carbonyl (C=O) groups is 1. The van der Waals surface area contributed by atoms with Crippen LogP contribution in [0.1, 0.15) is 31.1 Å². The van der Waals surface area contributed by atoms with Crippen molar-refractivity contribution >= 4 is 38.9 Å². The molecule has 0 bridgehead atoms. The Kier molecular flexibility index (Phi) is 9.38. The molecule has 0 saturated heterocycles. The second-order valence-electron chi connectivity index (χ2n) is 6.78. The fourth-order valence-electron chi connectivity index (χ4n) is 2.50. The Morgan fingerprint density at radius 3 is 2.26 bits per heavy atom. The fraction of sp³-hybridized carbons (Fsp3) is 0.333. The van der Waals surface area contributed by atoms with Gasteiger partial charge in [0.25, 0.3) is 5.91 Å². The summed E-state index contributed by atoms with van der Waals surface area (Å²) in [5.74, 6) is 0.262. The Bertz CT molecular complexity index is 975. The molecule has 0 spiro atoms. The van der Waals surface area contributed by atoms with Crippen LogP contribution in [0.15, 0.2) is 53.4 Å². The summed E-state index contributed by atoms with van der Waals surface area (Å²) < 4.78 is 37.6. The van der Waals surface area contributed by atoms with Crippen LogP contribution in [-0.2, 0) is 14.8 Å². The number of ether oxygens (including phenoxy) is 2. The van der Waals surface area contributed by atoms with E-state index < -0.39 is 10.0 Å². The van der Waals surface area contributed by atoms with Crippen LogP contribution >= 0.6 is 12.2 Å². The van der Waals surface area contributed by atoms with Crippen molar-refractivity contribution in [2.75, 3.05) is 25.1 Å². The second-order valence-corrected chi connectivity index (χ2v) is 8.90. The van der Waals surface area contributed by atoms with Gasteiger partial charge in [-0.05, 0) is 81.5 Å². The number of rotatable bonds is 10. The fourth-order valence-corrected chi connectivity index (χ4v) is 3.96. The largest absolute Gasteiger partial charge is 0.491 e. The molecule has 0 heterocycles. The summed E-state index contributed by atoms with van der Waals surface area (Å²) in [6.07, 6.45) is 0. The zero-order valence-corrected chi connectivity index (χ0v) is 19.3. The highest BCUT2D eigenvalue weighted by Gasteiger charge is 2.15. The highest BCUT2D eigenvalue weighted by molar-refractivity contribution is 7.89.